The van der Waals surface area contributed by atoms with Gasteiger partial charge in [-0.05, 0) is 0 Å². The second-order valence-electron chi connectivity index (χ2n) is 4.47. The van der Waals surface area contributed by atoms with Crippen LogP contribution in [0.3, 0.4) is 0 Å². The number of hydrogen-bond acceptors (Lipinski definition) is 8. The molecule has 5 atom stereocenters. The minimum Gasteiger partial charge on any atom is -0.463 e. The van der Waals surface area contributed by atoms with Crippen LogP contribution in [0.2, 0.25) is 0 Å². The third-order valence-corrected chi connectivity index (χ3v) is 3.02. The van der Waals surface area contributed by atoms with Gasteiger partial charge in [0.1, 0.15) is 18.8 Å². The van der Waals surface area contributed by atoms with Crippen molar-refractivity contribution in [3.8, 4) is 0 Å². The summed E-state index contributed by atoms with van der Waals surface area (Å²) < 4.78 is 20.0. The quantitative estimate of drug-likeness (QED) is 0.428. The van der Waals surface area contributed by atoms with E-state index in [4.69, 9.17) is 30.5 Å². The van der Waals surface area contributed by atoms with Crippen molar-refractivity contribution >= 4 is 29.5 Å². The van der Waals surface area contributed by atoms with Crippen molar-refractivity contribution in [2.75, 3.05) is 6.61 Å². The maximum atomic E-state index is 11.2. The molecule has 21 heavy (non-hydrogen) atoms. The van der Waals surface area contributed by atoms with E-state index in [-0.39, 0.29) is 6.61 Å². The molecule has 0 aromatic heterocycles. The number of ether oxygens (including phenoxy) is 4. The average molecular weight is 325 g/mol. The van der Waals surface area contributed by atoms with Gasteiger partial charge in [-0.3, -0.25) is 14.4 Å². The van der Waals surface area contributed by atoms with Crippen LogP contribution in [0.25, 0.3) is 0 Å². The molecule has 1 heterocycles. The summed E-state index contributed by atoms with van der Waals surface area (Å²) in [5.41, 5.74) is -1.21. The molecule has 0 saturated carbocycles. The SMILES string of the molecule is CC(=O)OC[C@H]1O[C@H](Cl)[C@H](O)[C@@H](OC(C)=O)[C@H]1OC(C)=O. The molecule has 1 saturated heterocycles. The molecular weight excluding hydrogens is 308 g/mol. The highest BCUT2D eigenvalue weighted by molar-refractivity contribution is 6.20. The van der Waals surface area contributed by atoms with Gasteiger partial charge in [0.2, 0.25) is 0 Å². The third-order valence-electron chi connectivity index (χ3n) is 2.66. The summed E-state index contributed by atoms with van der Waals surface area (Å²) in [6.07, 6.45) is -4.72. The highest BCUT2D eigenvalue weighted by Crippen LogP contribution is 2.28. The summed E-state index contributed by atoms with van der Waals surface area (Å²) in [6.45, 7) is 3.21. The van der Waals surface area contributed by atoms with Gasteiger partial charge in [0.25, 0.3) is 0 Å². The van der Waals surface area contributed by atoms with E-state index in [9.17, 15) is 19.5 Å². The normalized spacial score (nSPS) is 32.1. The van der Waals surface area contributed by atoms with E-state index < -0.39 is 47.9 Å². The zero-order valence-corrected chi connectivity index (χ0v) is 12.5. The van der Waals surface area contributed by atoms with Crippen LogP contribution in [0.4, 0.5) is 0 Å². The maximum absolute atomic E-state index is 11.2. The molecule has 120 valence electrons. The van der Waals surface area contributed by atoms with Gasteiger partial charge in [-0.15, -0.1) is 0 Å². The van der Waals surface area contributed by atoms with Gasteiger partial charge in [-0.25, -0.2) is 0 Å². The lowest BCUT2D eigenvalue weighted by Gasteiger charge is -2.41. The molecule has 0 aromatic carbocycles. The Kier molecular flexibility index (Phi) is 6.38. The van der Waals surface area contributed by atoms with E-state index in [1.165, 1.54) is 6.92 Å². The van der Waals surface area contributed by atoms with E-state index in [2.05, 4.69) is 0 Å². The maximum Gasteiger partial charge on any atom is 0.303 e. The van der Waals surface area contributed by atoms with Gasteiger partial charge < -0.3 is 24.1 Å². The van der Waals surface area contributed by atoms with Crippen LogP contribution < -0.4 is 0 Å². The van der Waals surface area contributed by atoms with Gasteiger partial charge in [0.05, 0.1) is 0 Å². The molecule has 0 aliphatic carbocycles. The summed E-state index contributed by atoms with van der Waals surface area (Å²) >= 11 is 5.81. The van der Waals surface area contributed by atoms with Gasteiger partial charge >= 0.3 is 17.9 Å². The number of aliphatic hydroxyl groups is 1. The fraction of sp³-hybridized carbons (Fsp3) is 0.750. The van der Waals surface area contributed by atoms with Crippen LogP contribution in [-0.4, -0.2) is 59.6 Å². The van der Waals surface area contributed by atoms with Crippen LogP contribution in [0.1, 0.15) is 20.8 Å². The molecule has 1 aliphatic heterocycles. The molecule has 1 aliphatic rings. The second-order valence-corrected chi connectivity index (χ2v) is 4.90. The van der Waals surface area contributed by atoms with Crippen LogP contribution in [0, 0.1) is 0 Å². The second kappa shape index (κ2) is 7.58. The molecule has 8 nitrogen and oxygen atoms in total. The van der Waals surface area contributed by atoms with Crippen LogP contribution >= 0.6 is 11.6 Å². The molecule has 0 radical (unpaired) electrons. The predicted molar refractivity (Wildman–Crippen MR) is 68.3 cm³/mol. The minimum absolute atomic E-state index is 0.263. The summed E-state index contributed by atoms with van der Waals surface area (Å²) in [4.78, 5) is 33.2. The fourth-order valence-electron chi connectivity index (χ4n) is 1.88. The number of alkyl halides is 1. The van der Waals surface area contributed by atoms with Crippen molar-refractivity contribution in [1.82, 2.24) is 0 Å². The number of hydrogen-bond donors (Lipinski definition) is 1. The molecular formula is C12H17ClO8. The molecule has 1 rings (SSSR count). The van der Waals surface area contributed by atoms with E-state index in [1.54, 1.807) is 0 Å². The Morgan fingerprint density at radius 3 is 2.05 bits per heavy atom. The topological polar surface area (TPSA) is 108 Å². The van der Waals surface area contributed by atoms with Gasteiger partial charge in [0.15, 0.2) is 17.8 Å². The number of carbonyl (C=O) groups is 3. The molecule has 0 amide bonds. The fourth-order valence-corrected chi connectivity index (χ4v) is 2.15. The Balaban J connectivity index is 2.94. The minimum atomic E-state index is -1.39. The van der Waals surface area contributed by atoms with Crippen molar-refractivity contribution < 1.29 is 38.4 Å². The number of aliphatic hydroxyl groups excluding tert-OH is 1. The van der Waals surface area contributed by atoms with Crippen molar-refractivity contribution in [2.24, 2.45) is 0 Å². The third kappa shape index (κ3) is 5.14. The van der Waals surface area contributed by atoms with Crippen LogP contribution in [0.5, 0.6) is 0 Å². The van der Waals surface area contributed by atoms with Crippen molar-refractivity contribution in [3.63, 3.8) is 0 Å². The van der Waals surface area contributed by atoms with Crippen molar-refractivity contribution in [3.05, 3.63) is 0 Å². The van der Waals surface area contributed by atoms with E-state index in [0.717, 1.165) is 13.8 Å². The Bertz CT molecular complexity index is 412. The first kappa shape index (κ1) is 17.7. The lowest BCUT2D eigenvalue weighted by Crippen LogP contribution is -2.60. The van der Waals surface area contributed by atoms with Gasteiger partial charge in [0, 0.05) is 20.8 Å². The summed E-state index contributed by atoms with van der Waals surface area (Å²) in [5.74, 6) is -1.93. The Hall–Kier alpha value is -1.38. The van der Waals surface area contributed by atoms with E-state index >= 15 is 0 Å². The number of carbonyl (C=O) groups excluding carboxylic acids is 3. The zero-order valence-electron chi connectivity index (χ0n) is 11.8. The zero-order chi connectivity index (χ0) is 16.2. The highest BCUT2D eigenvalue weighted by atomic mass is 35.5. The van der Waals surface area contributed by atoms with Crippen molar-refractivity contribution in [2.45, 2.75) is 50.8 Å². The number of rotatable bonds is 4. The van der Waals surface area contributed by atoms with E-state index in [0.29, 0.717) is 0 Å². The van der Waals surface area contributed by atoms with Gasteiger partial charge in [-0.1, -0.05) is 11.6 Å². The molecule has 1 fully saturated rings. The first-order valence-corrected chi connectivity index (χ1v) is 6.61. The highest BCUT2D eigenvalue weighted by Gasteiger charge is 2.49. The van der Waals surface area contributed by atoms with E-state index in [1.807, 2.05) is 0 Å². The summed E-state index contributed by atoms with van der Waals surface area (Å²) in [6, 6.07) is 0. The van der Waals surface area contributed by atoms with Crippen molar-refractivity contribution in [1.29, 1.82) is 0 Å². The largest absolute Gasteiger partial charge is 0.463 e. The molecule has 9 heteroatoms. The lowest BCUT2D eigenvalue weighted by molar-refractivity contribution is -0.232. The first-order chi connectivity index (χ1) is 9.72. The van der Waals surface area contributed by atoms with Crippen LogP contribution in [0.15, 0.2) is 0 Å². The number of esters is 3. The average Bonchev–Trinajstić information content (AvgIpc) is 2.35. The van der Waals surface area contributed by atoms with Crippen LogP contribution in [-0.2, 0) is 33.3 Å². The molecule has 0 unspecified atom stereocenters. The molecule has 0 bridgehead atoms. The predicted octanol–water partition coefficient (Wildman–Crippen LogP) is -0.263. The lowest BCUT2D eigenvalue weighted by atomic mass is 9.99. The summed E-state index contributed by atoms with van der Waals surface area (Å²) in [5, 5.41) is 9.93. The number of halogens is 1. The molecule has 0 spiro atoms. The molecule has 1 N–H and O–H groups in total. The Morgan fingerprint density at radius 2 is 1.57 bits per heavy atom. The standard InChI is InChI=1S/C12H17ClO8/c1-5(14)18-4-8-10(19-6(2)15)11(20-7(3)16)9(17)12(13)21-8/h8-12,17H,4H2,1-3H3/t8-,9-,10+,11-,12+/m1/s1. The monoisotopic (exact) mass is 324 g/mol. The van der Waals surface area contributed by atoms with Gasteiger partial charge in [-0.2, -0.15) is 0 Å². The first-order valence-electron chi connectivity index (χ1n) is 6.17. The Labute approximate surface area is 126 Å². The molecule has 0 aromatic rings. The summed E-state index contributed by atoms with van der Waals surface area (Å²) in [7, 11) is 0. The Morgan fingerprint density at radius 1 is 1.05 bits per heavy atom. The smallest absolute Gasteiger partial charge is 0.303 e.